The van der Waals surface area contributed by atoms with Crippen LogP contribution in [0.25, 0.3) is 5.65 Å². The third kappa shape index (κ3) is 2.73. The Labute approximate surface area is 118 Å². The first-order valence-electron chi connectivity index (χ1n) is 7.20. The van der Waals surface area contributed by atoms with Gasteiger partial charge >= 0.3 is 0 Å². The molecule has 0 radical (unpaired) electrons. The summed E-state index contributed by atoms with van der Waals surface area (Å²) in [5.74, 6) is 0.936. The quantitative estimate of drug-likeness (QED) is 0.845. The molecule has 2 N–H and O–H groups in total. The number of hydrogen-bond acceptors (Lipinski definition) is 6. The highest BCUT2D eigenvalue weighted by molar-refractivity contribution is 5.63. The van der Waals surface area contributed by atoms with Crippen LogP contribution in [0.2, 0.25) is 0 Å². The van der Waals surface area contributed by atoms with E-state index in [1.165, 1.54) is 0 Å². The molecule has 0 aromatic carbocycles. The average Bonchev–Trinajstić information content (AvgIpc) is 2.83. The van der Waals surface area contributed by atoms with Gasteiger partial charge in [-0.3, -0.25) is 4.40 Å². The van der Waals surface area contributed by atoms with Gasteiger partial charge in [0, 0.05) is 32.0 Å². The molecule has 0 amide bonds. The van der Waals surface area contributed by atoms with Gasteiger partial charge in [-0.05, 0) is 32.5 Å². The second-order valence-electron chi connectivity index (χ2n) is 5.14. The van der Waals surface area contributed by atoms with Gasteiger partial charge in [0.2, 0.25) is 5.65 Å². The molecule has 7 nitrogen and oxygen atoms in total. The fourth-order valence-electron chi connectivity index (χ4n) is 2.69. The van der Waals surface area contributed by atoms with Gasteiger partial charge in [-0.25, -0.2) is 4.98 Å². The summed E-state index contributed by atoms with van der Waals surface area (Å²) in [6.07, 6.45) is 7.61. The summed E-state index contributed by atoms with van der Waals surface area (Å²) in [6, 6.07) is 0. The Hall–Kier alpha value is -1.73. The molecule has 0 atom stereocenters. The molecule has 1 fully saturated rings. The molecule has 1 saturated heterocycles. The molecule has 3 rings (SSSR count). The largest absolute Gasteiger partial charge is 0.352 e. The predicted molar refractivity (Wildman–Crippen MR) is 77.7 cm³/mol. The van der Waals surface area contributed by atoms with Crippen molar-refractivity contribution in [3.05, 3.63) is 18.7 Å². The van der Waals surface area contributed by atoms with E-state index in [9.17, 15) is 0 Å². The topological polar surface area (TPSA) is 75.6 Å². The molecule has 0 bridgehead atoms. The Morgan fingerprint density at radius 2 is 2.15 bits per heavy atom. The second kappa shape index (κ2) is 6.15. The standard InChI is InChI=1S/C13H21N7/c14-3-1-5-18-6-2-7-19(10-9-18)12-13-17-16-11-20(13)8-4-15-12/h4,8,11H,1-3,5-7,9-10,14H2. The van der Waals surface area contributed by atoms with Crippen molar-refractivity contribution in [2.75, 3.05) is 44.2 Å². The van der Waals surface area contributed by atoms with Crippen LogP contribution in [0.5, 0.6) is 0 Å². The van der Waals surface area contributed by atoms with Crippen molar-refractivity contribution in [2.45, 2.75) is 12.8 Å². The van der Waals surface area contributed by atoms with Gasteiger partial charge in [0.1, 0.15) is 6.33 Å². The van der Waals surface area contributed by atoms with Crippen molar-refractivity contribution in [3.63, 3.8) is 0 Å². The van der Waals surface area contributed by atoms with Crippen LogP contribution in [0.15, 0.2) is 18.7 Å². The number of nitrogens with two attached hydrogens (primary N) is 1. The monoisotopic (exact) mass is 275 g/mol. The highest BCUT2D eigenvalue weighted by Crippen LogP contribution is 2.18. The molecule has 0 aliphatic carbocycles. The Morgan fingerprint density at radius 1 is 1.20 bits per heavy atom. The third-order valence-electron chi connectivity index (χ3n) is 3.76. The molecule has 3 heterocycles. The van der Waals surface area contributed by atoms with Crippen molar-refractivity contribution >= 4 is 11.5 Å². The summed E-state index contributed by atoms with van der Waals surface area (Å²) in [5, 5.41) is 8.13. The normalized spacial score (nSPS) is 17.6. The maximum atomic E-state index is 5.59. The smallest absolute Gasteiger partial charge is 0.203 e. The van der Waals surface area contributed by atoms with E-state index in [4.69, 9.17) is 5.73 Å². The molecule has 108 valence electrons. The zero-order valence-corrected chi connectivity index (χ0v) is 11.6. The number of aromatic nitrogens is 4. The summed E-state index contributed by atoms with van der Waals surface area (Å²) in [5.41, 5.74) is 6.42. The van der Waals surface area contributed by atoms with Crippen LogP contribution in [0, 0.1) is 0 Å². The minimum absolute atomic E-state index is 0.765. The molecule has 2 aromatic rings. The summed E-state index contributed by atoms with van der Waals surface area (Å²) in [6.45, 7) is 6.03. The molecular weight excluding hydrogens is 254 g/mol. The van der Waals surface area contributed by atoms with Gasteiger partial charge < -0.3 is 15.5 Å². The van der Waals surface area contributed by atoms with Crippen LogP contribution in [-0.2, 0) is 0 Å². The molecule has 7 heteroatoms. The zero-order chi connectivity index (χ0) is 13.8. The summed E-state index contributed by atoms with van der Waals surface area (Å²) >= 11 is 0. The van der Waals surface area contributed by atoms with E-state index in [0.717, 1.165) is 63.6 Å². The maximum absolute atomic E-state index is 5.59. The first-order chi connectivity index (χ1) is 9.88. The molecule has 2 aromatic heterocycles. The first kappa shape index (κ1) is 13.3. The average molecular weight is 275 g/mol. The van der Waals surface area contributed by atoms with Crippen molar-refractivity contribution < 1.29 is 0 Å². The van der Waals surface area contributed by atoms with Crippen LogP contribution in [0.3, 0.4) is 0 Å². The molecule has 0 spiro atoms. The zero-order valence-electron chi connectivity index (χ0n) is 11.6. The number of nitrogens with zero attached hydrogens (tertiary/aromatic N) is 6. The fraction of sp³-hybridized carbons (Fsp3) is 0.615. The van der Waals surface area contributed by atoms with Gasteiger partial charge in [-0.1, -0.05) is 0 Å². The fourth-order valence-corrected chi connectivity index (χ4v) is 2.69. The number of fused-ring (bicyclic) bond motifs is 1. The van der Waals surface area contributed by atoms with Crippen LogP contribution >= 0.6 is 0 Å². The Morgan fingerprint density at radius 3 is 3.05 bits per heavy atom. The molecule has 20 heavy (non-hydrogen) atoms. The van der Waals surface area contributed by atoms with Crippen LogP contribution < -0.4 is 10.6 Å². The lowest BCUT2D eigenvalue weighted by atomic mass is 10.3. The lowest BCUT2D eigenvalue weighted by Gasteiger charge is -2.22. The van der Waals surface area contributed by atoms with E-state index in [1.807, 2.05) is 16.8 Å². The first-order valence-corrected chi connectivity index (χ1v) is 7.20. The van der Waals surface area contributed by atoms with Crippen molar-refractivity contribution in [1.82, 2.24) is 24.5 Å². The van der Waals surface area contributed by atoms with Gasteiger partial charge in [0.15, 0.2) is 5.82 Å². The minimum atomic E-state index is 0.765. The number of anilines is 1. The molecule has 0 unspecified atom stereocenters. The van der Waals surface area contributed by atoms with Crippen LogP contribution in [0.1, 0.15) is 12.8 Å². The Balaban J connectivity index is 1.73. The van der Waals surface area contributed by atoms with Gasteiger partial charge in [-0.2, -0.15) is 0 Å². The summed E-state index contributed by atoms with van der Waals surface area (Å²) < 4.78 is 1.92. The van der Waals surface area contributed by atoms with Gasteiger partial charge in [0.25, 0.3) is 0 Å². The highest BCUT2D eigenvalue weighted by atomic mass is 15.3. The summed E-state index contributed by atoms with van der Waals surface area (Å²) in [7, 11) is 0. The van der Waals surface area contributed by atoms with E-state index >= 15 is 0 Å². The lowest BCUT2D eigenvalue weighted by molar-refractivity contribution is 0.291. The number of hydrogen-bond donors (Lipinski definition) is 1. The maximum Gasteiger partial charge on any atom is 0.203 e. The van der Waals surface area contributed by atoms with Crippen LogP contribution in [0.4, 0.5) is 5.82 Å². The van der Waals surface area contributed by atoms with E-state index < -0.39 is 0 Å². The second-order valence-corrected chi connectivity index (χ2v) is 5.14. The number of rotatable bonds is 4. The van der Waals surface area contributed by atoms with Crippen LogP contribution in [-0.4, -0.2) is 63.8 Å². The molecular formula is C13H21N7. The van der Waals surface area contributed by atoms with Gasteiger partial charge in [-0.15, -0.1) is 10.2 Å². The summed E-state index contributed by atoms with van der Waals surface area (Å²) in [4.78, 5) is 9.29. The predicted octanol–water partition coefficient (Wildman–Crippen LogP) is -0.0148. The highest BCUT2D eigenvalue weighted by Gasteiger charge is 2.18. The van der Waals surface area contributed by atoms with Crippen molar-refractivity contribution in [1.29, 1.82) is 0 Å². The van der Waals surface area contributed by atoms with E-state index in [2.05, 4.69) is 25.0 Å². The molecule has 0 saturated carbocycles. The van der Waals surface area contributed by atoms with Crippen molar-refractivity contribution in [3.8, 4) is 0 Å². The van der Waals surface area contributed by atoms with Crippen molar-refractivity contribution in [2.24, 2.45) is 5.73 Å². The van der Waals surface area contributed by atoms with E-state index in [-0.39, 0.29) is 0 Å². The molecule has 1 aliphatic heterocycles. The Bertz CT molecular complexity index is 552. The van der Waals surface area contributed by atoms with Gasteiger partial charge in [0.05, 0.1) is 0 Å². The minimum Gasteiger partial charge on any atom is -0.352 e. The van der Waals surface area contributed by atoms with E-state index in [1.54, 1.807) is 6.33 Å². The Kier molecular flexibility index (Phi) is 4.08. The van der Waals surface area contributed by atoms with E-state index in [0.29, 0.717) is 0 Å². The lowest BCUT2D eigenvalue weighted by Crippen LogP contribution is -2.32. The molecule has 1 aliphatic rings. The SMILES string of the molecule is NCCCN1CCCN(c2nccn3cnnc23)CC1. The third-order valence-corrected chi connectivity index (χ3v) is 3.76.